The van der Waals surface area contributed by atoms with Crippen molar-refractivity contribution in [2.75, 3.05) is 6.61 Å². The molecule has 1 aromatic rings. The summed E-state index contributed by atoms with van der Waals surface area (Å²) in [5, 5.41) is 8.90. The zero-order valence-corrected chi connectivity index (χ0v) is 8.90. The molecule has 0 aliphatic carbocycles. The van der Waals surface area contributed by atoms with E-state index in [0.29, 0.717) is 5.92 Å². The number of hydrogen-bond donors (Lipinski definition) is 2. The number of rotatable bonds is 4. The molecule has 0 radical (unpaired) electrons. The lowest BCUT2D eigenvalue weighted by molar-refractivity contribution is 0.265. The summed E-state index contributed by atoms with van der Waals surface area (Å²) in [5.74, 6) is 0.511. The molecule has 1 atom stereocenters. The van der Waals surface area contributed by atoms with Crippen LogP contribution in [0.5, 0.6) is 0 Å². The summed E-state index contributed by atoms with van der Waals surface area (Å²) >= 11 is 0. The minimum absolute atomic E-state index is 0.0480. The zero-order valence-electron chi connectivity index (χ0n) is 8.90. The molecule has 0 saturated carbocycles. The molecule has 78 valence electrons. The smallest absolute Gasteiger partial charge is 0.0585 e. The van der Waals surface area contributed by atoms with Crippen LogP contribution in [0.1, 0.15) is 30.9 Å². The van der Waals surface area contributed by atoms with Crippen LogP contribution in [0.4, 0.5) is 0 Å². The Balaban J connectivity index is 2.84. The number of aliphatic hydroxyl groups excluding tert-OH is 1. The first-order chi connectivity index (χ1) is 6.65. The lowest BCUT2D eigenvalue weighted by Crippen LogP contribution is -2.27. The Morgan fingerprint density at radius 3 is 2.50 bits per heavy atom. The minimum atomic E-state index is -0.144. The maximum atomic E-state index is 8.90. The largest absolute Gasteiger partial charge is 0.395 e. The Hall–Kier alpha value is -0.860. The quantitative estimate of drug-likeness (QED) is 0.764. The normalized spacial score (nSPS) is 13.2. The van der Waals surface area contributed by atoms with E-state index in [1.165, 1.54) is 11.1 Å². The van der Waals surface area contributed by atoms with Crippen molar-refractivity contribution in [1.82, 2.24) is 0 Å². The highest BCUT2D eigenvalue weighted by atomic mass is 16.3. The second-order valence-electron chi connectivity index (χ2n) is 4.00. The van der Waals surface area contributed by atoms with Crippen molar-refractivity contribution in [2.24, 2.45) is 5.73 Å². The second-order valence-corrected chi connectivity index (χ2v) is 4.00. The van der Waals surface area contributed by atoms with Crippen molar-refractivity contribution in [1.29, 1.82) is 0 Å². The van der Waals surface area contributed by atoms with Gasteiger partial charge in [-0.25, -0.2) is 0 Å². The predicted octanol–water partition coefficient (Wildman–Crippen LogP) is 1.67. The first-order valence-electron chi connectivity index (χ1n) is 5.09. The molecule has 0 aliphatic heterocycles. The van der Waals surface area contributed by atoms with Crippen molar-refractivity contribution in [3.63, 3.8) is 0 Å². The van der Waals surface area contributed by atoms with Crippen LogP contribution in [0.2, 0.25) is 0 Å². The third kappa shape index (κ3) is 2.82. The molecule has 0 amide bonds. The molecule has 0 heterocycles. The molecular weight excluding hydrogens is 174 g/mol. The first kappa shape index (κ1) is 11.2. The first-order valence-corrected chi connectivity index (χ1v) is 5.09. The van der Waals surface area contributed by atoms with Gasteiger partial charge in [0.15, 0.2) is 0 Å². The highest BCUT2D eigenvalue weighted by Crippen LogP contribution is 2.19. The molecule has 0 spiro atoms. The number of benzene rings is 1. The maximum absolute atomic E-state index is 8.90. The van der Waals surface area contributed by atoms with Crippen molar-refractivity contribution in [3.05, 3.63) is 35.4 Å². The van der Waals surface area contributed by atoms with Crippen LogP contribution in [-0.2, 0) is 6.42 Å². The van der Waals surface area contributed by atoms with Crippen molar-refractivity contribution in [2.45, 2.75) is 32.2 Å². The molecule has 2 nitrogen and oxygen atoms in total. The molecule has 0 aromatic heterocycles. The second kappa shape index (κ2) is 5.13. The number of aliphatic hydroxyl groups is 1. The monoisotopic (exact) mass is 193 g/mol. The summed E-state index contributed by atoms with van der Waals surface area (Å²) in [5.41, 5.74) is 8.31. The van der Waals surface area contributed by atoms with E-state index < -0.39 is 0 Å². The Morgan fingerprint density at radius 2 is 1.93 bits per heavy atom. The summed E-state index contributed by atoms with van der Waals surface area (Å²) in [6, 6.07) is 8.14. The molecule has 0 saturated heterocycles. The topological polar surface area (TPSA) is 46.2 Å². The van der Waals surface area contributed by atoms with Crippen LogP contribution in [0.25, 0.3) is 0 Å². The van der Waals surface area contributed by atoms with Gasteiger partial charge in [-0.1, -0.05) is 38.1 Å². The number of nitrogens with two attached hydrogens (primary N) is 1. The van der Waals surface area contributed by atoms with Gasteiger partial charge in [0.1, 0.15) is 0 Å². The Labute approximate surface area is 85.8 Å². The Morgan fingerprint density at radius 1 is 1.29 bits per heavy atom. The highest BCUT2D eigenvalue weighted by molar-refractivity contribution is 5.30. The fraction of sp³-hybridized carbons (Fsp3) is 0.500. The minimum Gasteiger partial charge on any atom is -0.395 e. The van der Waals surface area contributed by atoms with Crippen LogP contribution in [0.15, 0.2) is 24.3 Å². The SMILES string of the molecule is CC(C)c1ccccc1CC(N)CO. The van der Waals surface area contributed by atoms with Gasteiger partial charge in [0, 0.05) is 6.04 Å². The van der Waals surface area contributed by atoms with E-state index in [1.54, 1.807) is 0 Å². The van der Waals surface area contributed by atoms with E-state index in [1.807, 2.05) is 12.1 Å². The van der Waals surface area contributed by atoms with E-state index in [-0.39, 0.29) is 12.6 Å². The van der Waals surface area contributed by atoms with Gasteiger partial charge in [-0.2, -0.15) is 0 Å². The van der Waals surface area contributed by atoms with E-state index in [2.05, 4.69) is 26.0 Å². The van der Waals surface area contributed by atoms with Gasteiger partial charge in [0.05, 0.1) is 6.61 Å². The predicted molar refractivity (Wildman–Crippen MR) is 59.3 cm³/mol. The average molecular weight is 193 g/mol. The van der Waals surface area contributed by atoms with E-state index >= 15 is 0 Å². The molecule has 14 heavy (non-hydrogen) atoms. The van der Waals surface area contributed by atoms with E-state index in [9.17, 15) is 0 Å². The van der Waals surface area contributed by atoms with E-state index in [0.717, 1.165) is 6.42 Å². The molecule has 1 rings (SSSR count). The van der Waals surface area contributed by atoms with Crippen molar-refractivity contribution >= 4 is 0 Å². The summed E-state index contributed by atoms with van der Waals surface area (Å²) in [6.07, 6.45) is 0.755. The molecule has 1 unspecified atom stereocenters. The van der Waals surface area contributed by atoms with Crippen LogP contribution in [-0.4, -0.2) is 17.8 Å². The van der Waals surface area contributed by atoms with Gasteiger partial charge in [-0.15, -0.1) is 0 Å². The van der Waals surface area contributed by atoms with Gasteiger partial charge < -0.3 is 10.8 Å². The van der Waals surface area contributed by atoms with E-state index in [4.69, 9.17) is 10.8 Å². The van der Waals surface area contributed by atoms with Gasteiger partial charge in [0.2, 0.25) is 0 Å². The fourth-order valence-corrected chi connectivity index (χ4v) is 1.63. The maximum Gasteiger partial charge on any atom is 0.0585 e. The van der Waals surface area contributed by atoms with Crippen LogP contribution >= 0.6 is 0 Å². The molecule has 1 aromatic carbocycles. The van der Waals surface area contributed by atoms with Gasteiger partial charge in [0.25, 0.3) is 0 Å². The molecular formula is C12H19NO. The third-order valence-electron chi connectivity index (χ3n) is 2.39. The van der Waals surface area contributed by atoms with Gasteiger partial charge in [-0.3, -0.25) is 0 Å². The number of hydrogen-bond acceptors (Lipinski definition) is 2. The summed E-state index contributed by atoms with van der Waals surface area (Å²) in [7, 11) is 0. The lowest BCUT2D eigenvalue weighted by atomic mass is 9.93. The fourth-order valence-electron chi connectivity index (χ4n) is 1.63. The Kier molecular flexibility index (Phi) is 4.11. The van der Waals surface area contributed by atoms with Crippen LogP contribution in [0.3, 0.4) is 0 Å². The summed E-state index contributed by atoms with van der Waals surface area (Å²) in [4.78, 5) is 0. The van der Waals surface area contributed by atoms with Crippen molar-refractivity contribution < 1.29 is 5.11 Å². The average Bonchev–Trinajstić information content (AvgIpc) is 2.18. The molecule has 2 heteroatoms. The lowest BCUT2D eigenvalue weighted by Gasteiger charge is -2.15. The summed E-state index contributed by atoms with van der Waals surface area (Å²) in [6.45, 7) is 4.39. The molecule has 3 N–H and O–H groups in total. The third-order valence-corrected chi connectivity index (χ3v) is 2.39. The van der Waals surface area contributed by atoms with Gasteiger partial charge in [-0.05, 0) is 23.5 Å². The van der Waals surface area contributed by atoms with Crippen LogP contribution < -0.4 is 5.73 Å². The van der Waals surface area contributed by atoms with Gasteiger partial charge >= 0.3 is 0 Å². The van der Waals surface area contributed by atoms with Crippen LogP contribution in [0, 0.1) is 0 Å². The highest BCUT2D eigenvalue weighted by Gasteiger charge is 2.08. The summed E-state index contributed by atoms with van der Waals surface area (Å²) < 4.78 is 0. The Bertz CT molecular complexity index is 283. The standard InChI is InChI=1S/C12H19NO/c1-9(2)12-6-4-3-5-10(12)7-11(13)8-14/h3-6,9,11,14H,7-8,13H2,1-2H3. The molecule has 0 aliphatic rings. The van der Waals surface area contributed by atoms with Crippen molar-refractivity contribution in [3.8, 4) is 0 Å². The zero-order chi connectivity index (χ0) is 10.6. The molecule has 0 bridgehead atoms. The molecule has 0 fully saturated rings.